The van der Waals surface area contributed by atoms with E-state index >= 15 is 0 Å². The molecule has 0 amide bonds. The van der Waals surface area contributed by atoms with E-state index in [-0.39, 0.29) is 12.1 Å². The number of rotatable bonds is 4. The van der Waals surface area contributed by atoms with Crippen molar-refractivity contribution < 1.29 is 40.6 Å². The van der Waals surface area contributed by atoms with Gasteiger partial charge < -0.3 is 5.11 Å². The Balaban J connectivity index is 3.04. The number of hydrogen-bond donors (Lipinski definition) is 1. The summed E-state index contributed by atoms with van der Waals surface area (Å²) in [5.74, 6) is -7.25. The summed E-state index contributed by atoms with van der Waals surface area (Å²) in [4.78, 5) is 10.2. The van der Waals surface area contributed by atoms with Crippen molar-refractivity contribution in [3.05, 3.63) is 35.4 Å². The molecule has 0 aliphatic carbocycles. The Morgan fingerprint density at radius 1 is 1.00 bits per heavy atom. The third-order valence-corrected chi connectivity index (χ3v) is 2.44. The molecule has 0 aliphatic heterocycles. The predicted octanol–water partition coefficient (Wildman–Crippen LogP) is 3.77. The Morgan fingerprint density at radius 2 is 1.45 bits per heavy atom. The topological polar surface area (TPSA) is 37.3 Å². The number of benzene rings is 1. The van der Waals surface area contributed by atoms with Crippen LogP contribution >= 0.6 is 0 Å². The Morgan fingerprint density at radius 3 is 1.80 bits per heavy atom. The van der Waals surface area contributed by atoms with E-state index in [1.54, 1.807) is 0 Å². The molecule has 0 bridgehead atoms. The van der Waals surface area contributed by atoms with Gasteiger partial charge in [-0.25, -0.2) is 13.6 Å². The third-order valence-electron chi connectivity index (χ3n) is 2.44. The first-order valence-corrected chi connectivity index (χ1v) is 5.04. The van der Waals surface area contributed by atoms with E-state index < -0.39 is 41.5 Å². The van der Waals surface area contributed by atoms with Crippen molar-refractivity contribution in [3.63, 3.8) is 0 Å². The smallest absolute Gasteiger partial charge is 0.458 e. The lowest BCUT2D eigenvalue weighted by Gasteiger charge is -2.20. The lowest BCUT2D eigenvalue weighted by atomic mass is 10.0. The molecule has 0 fully saturated rings. The molecule has 0 heterocycles. The Hall–Kier alpha value is -1.80. The van der Waals surface area contributed by atoms with Gasteiger partial charge in [0.05, 0.1) is 0 Å². The molecule has 2 nitrogen and oxygen atoms in total. The van der Waals surface area contributed by atoms with Crippen LogP contribution in [0.15, 0.2) is 24.3 Å². The van der Waals surface area contributed by atoms with E-state index in [1.165, 1.54) is 0 Å². The van der Waals surface area contributed by atoms with E-state index in [0.717, 1.165) is 0 Å². The van der Waals surface area contributed by atoms with Crippen molar-refractivity contribution in [1.29, 1.82) is 0 Å². The van der Waals surface area contributed by atoms with Crippen molar-refractivity contribution in [1.82, 2.24) is 0 Å². The fraction of sp³-hybridized carbons (Fsp3) is 0.364. The summed E-state index contributed by atoms with van der Waals surface area (Å²) < 4.78 is 88.0. The lowest BCUT2D eigenvalue weighted by molar-refractivity contribution is -0.289. The number of carboxylic acids is 1. The molecule has 0 saturated carbocycles. The number of alkyl halides is 7. The first kappa shape index (κ1) is 16.3. The highest BCUT2D eigenvalue weighted by Gasteiger charge is 2.58. The fourth-order valence-electron chi connectivity index (χ4n) is 1.33. The second-order valence-corrected chi connectivity index (χ2v) is 3.84. The fourth-order valence-corrected chi connectivity index (χ4v) is 1.33. The SMILES string of the molecule is O=C(O)C(F)C(F)c1ccc(C(F)(F)C(F)(F)F)cc1. The highest BCUT2D eigenvalue weighted by Crippen LogP contribution is 2.44. The van der Waals surface area contributed by atoms with Crippen molar-refractivity contribution in [2.45, 2.75) is 24.4 Å². The lowest BCUT2D eigenvalue weighted by Crippen LogP contribution is -2.33. The van der Waals surface area contributed by atoms with Gasteiger partial charge >= 0.3 is 18.1 Å². The largest absolute Gasteiger partial charge is 0.479 e. The van der Waals surface area contributed by atoms with Crippen LogP contribution in [0.2, 0.25) is 0 Å². The zero-order valence-electron chi connectivity index (χ0n) is 9.47. The zero-order chi connectivity index (χ0) is 15.7. The molecule has 0 spiro atoms. The Labute approximate surface area is 107 Å². The first-order chi connectivity index (χ1) is 8.98. The van der Waals surface area contributed by atoms with Crippen LogP contribution in [0.5, 0.6) is 0 Å². The molecular formula is C11H7F7O2. The molecule has 0 aromatic heterocycles. The molecule has 2 atom stereocenters. The molecule has 2 unspecified atom stereocenters. The Kier molecular flexibility index (Phi) is 4.30. The third kappa shape index (κ3) is 3.02. The molecule has 1 rings (SSSR count). The van der Waals surface area contributed by atoms with Crippen LogP contribution in [0.4, 0.5) is 30.7 Å². The van der Waals surface area contributed by atoms with Crippen LogP contribution in [0.3, 0.4) is 0 Å². The highest BCUT2D eigenvalue weighted by atomic mass is 19.4. The van der Waals surface area contributed by atoms with Crippen LogP contribution in [0.25, 0.3) is 0 Å². The number of aliphatic carboxylic acids is 1. The average molecular weight is 304 g/mol. The summed E-state index contributed by atoms with van der Waals surface area (Å²) >= 11 is 0. The van der Waals surface area contributed by atoms with E-state index in [2.05, 4.69) is 0 Å². The predicted molar refractivity (Wildman–Crippen MR) is 52.8 cm³/mol. The van der Waals surface area contributed by atoms with E-state index in [1.807, 2.05) is 0 Å². The van der Waals surface area contributed by atoms with Gasteiger partial charge in [0.25, 0.3) is 0 Å². The van der Waals surface area contributed by atoms with E-state index in [0.29, 0.717) is 12.1 Å². The molecule has 0 radical (unpaired) electrons. The van der Waals surface area contributed by atoms with Gasteiger partial charge in [-0.1, -0.05) is 24.3 Å². The second-order valence-electron chi connectivity index (χ2n) is 3.84. The maximum Gasteiger partial charge on any atom is 0.458 e. The molecule has 20 heavy (non-hydrogen) atoms. The average Bonchev–Trinajstić information content (AvgIpc) is 2.35. The quantitative estimate of drug-likeness (QED) is 0.860. The molecule has 0 saturated heterocycles. The minimum Gasteiger partial charge on any atom is -0.479 e. The minimum atomic E-state index is -5.83. The summed E-state index contributed by atoms with van der Waals surface area (Å²) in [5.41, 5.74) is -2.10. The van der Waals surface area contributed by atoms with Gasteiger partial charge in [0.2, 0.25) is 6.17 Å². The zero-order valence-corrected chi connectivity index (χ0v) is 9.47. The molecule has 112 valence electrons. The van der Waals surface area contributed by atoms with Crippen molar-refractivity contribution in [2.75, 3.05) is 0 Å². The summed E-state index contributed by atoms with van der Waals surface area (Å²) in [6.07, 6.45) is -11.4. The molecule has 1 aromatic rings. The van der Waals surface area contributed by atoms with Gasteiger partial charge in [-0.05, 0) is 5.56 Å². The molecular weight excluding hydrogens is 297 g/mol. The Bertz CT molecular complexity index is 481. The summed E-state index contributed by atoms with van der Waals surface area (Å²) in [5, 5.41) is 8.22. The number of halogens is 7. The van der Waals surface area contributed by atoms with Gasteiger partial charge in [0.15, 0.2) is 6.17 Å². The number of hydrogen-bond acceptors (Lipinski definition) is 1. The number of carbonyl (C=O) groups is 1. The van der Waals surface area contributed by atoms with E-state index in [4.69, 9.17) is 5.11 Å². The van der Waals surface area contributed by atoms with Gasteiger partial charge in [0.1, 0.15) is 0 Å². The molecule has 0 aliphatic rings. The van der Waals surface area contributed by atoms with Gasteiger partial charge in [-0.2, -0.15) is 22.0 Å². The standard InChI is InChI=1S/C11H7F7O2/c12-7(8(13)9(19)20)5-1-3-6(4-2-5)10(14,15)11(16,17)18/h1-4,7-8H,(H,19,20). The van der Waals surface area contributed by atoms with Crippen LogP contribution in [-0.4, -0.2) is 23.4 Å². The molecule has 1 aromatic carbocycles. The van der Waals surface area contributed by atoms with Crippen LogP contribution in [0.1, 0.15) is 17.3 Å². The monoisotopic (exact) mass is 304 g/mol. The van der Waals surface area contributed by atoms with E-state index in [9.17, 15) is 35.5 Å². The molecule has 9 heteroatoms. The maximum absolute atomic E-state index is 13.3. The first-order valence-electron chi connectivity index (χ1n) is 5.04. The summed E-state index contributed by atoms with van der Waals surface area (Å²) in [6, 6.07) is 1.50. The minimum absolute atomic E-state index is 0.268. The van der Waals surface area contributed by atoms with Gasteiger partial charge in [-0.3, -0.25) is 0 Å². The normalized spacial score (nSPS) is 15.8. The summed E-state index contributed by atoms with van der Waals surface area (Å²) in [6.45, 7) is 0. The van der Waals surface area contributed by atoms with Crippen molar-refractivity contribution in [3.8, 4) is 0 Å². The van der Waals surface area contributed by atoms with Gasteiger partial charge in [-0.15, -0.1) is 0 Å². The van der Waals surface area contributed by atoms with Crippen molar-refractivity contribution >= 4 is 5.97 Å². The number of carboxylic acid groups (broad SMARTS) is 1. The van der Waals surface area contributed by atoms with Crippen molar-refractivity contribution in [2.24, 2.45) is 0 Å². The highest BCUT2D eigenvalue weighted by molar-refractivity contribution is 5.73. The van der Waals surface area contributed by atoms with Gasteiger partial charge in [0, 0.05) is 5.56 Å². The van der Waals surface area contributed by atoms with Crippen LogP contribution in [-0.2, 0) is 10.7 Å². The second kappa shape index (κ2) is 5.29. The van der Waals surface area contributed by atoms with Crippen LogP contribution < -0.4 is 0 Å². The molecule has 1 N–H and O–H groups in total. The van der Waals surface area contributed by atoms with Crippen LogP contribution in [0, 0.1) is 0 Å². The summed E-state index contributed by atoms with van der Waals surface area (Å²) in [7, 11) is 0. The maximum atomic E-state index is 13.3.